The number of rotatable bonds is 5. The Morgan fingerprint density at radius 1 is 1.38 bits per heavy atom. The molecular weight excluding hydrogens is 176 g/mol. The van der Waals surface area contributed by atoms with E-state index in [9.17, 15) is 9.59 Å². The normalized spacial score (nSPS) is 11.0. The number of carboxylic acid groups (broad SMARTS) is 1. The highest BCUT2D eigenvalue weighted by Gasteiger charge is 2.28. The molecule has 5 heteroatoms. The number of ether oxygens (including phenoxy) is 2. The van der Waals surface area contributed by atoms with E-state index in [0.29, 0.717) is 0 Å². The van der Waals surface area contributed by atoms with Crippen molar-refractivity contribution in [3.8, 4) is 0 Å². The van der Waals surface area contributed by atoms with Crippen LogP contribution in [0.25, 0.3) is 0 Å². The van der Waals surface area contributed by atoms with Crippen molar-refractivity contribution in [2.24, 2.45) is 0 Å². The van der Waals surface area contributed by atoms with Crippen LogP contribution in [0.3, 0.4) is 0 Å². The maximum atomic E-state index is 10.8. The summed E-state index contributed by atoms with van der Waals surface area (Å²) in [6.07, 6.45) is 0. The third-order valence-electron chi connectivity index (χ3n) is 1.37. The van der Waals surface area contributed by atoms with Gasteiger partial charge in [0.25, 0.3) is 0 Å². The van der Waals surface area contributed by atoms with Crippen molar-refractivity contribution in [1.82, 2.24) is 0 Å². The summed E-state index contributed by atoms with van der Waals surface area (Å²) in [6.45, 7) is 4.33. The quantitative estimate of drug-likeness (QED) is 0.636. The average Bonchev–Trinajstić information content (AvgIpc) is 2.01. The van der Waals surface area contributed by atoms with E-state index >= 15 is 0 Å². The summed E-state index contributed by atoms with van der Waals surface area (Å²) in [5.74, 6) is -1.67. The number of hydrogen-bond acceptors (Lipinski definition) is 4. The number of aliphatic carboxylic acids is 1. The smallest absolute Gasteiger partial charge is 0.335 e. The van der Waals surface area contributed by atoms with E-state index in [-0.39, 0.29) is 13.2 Å². The van der Waals surface area contributed by atoms with E-state index in [0.717, 1.165) is 0 Å². The number of carboxylic acids is 1. The molecule has 0 saturated carbocycles. The summed E-state index contributed by atoms with van der Waals surface area (Å²) in [5.41, 5.74) is -1.35. The molecule has 13 heavy (non-hydrogen) atoms. The first kappa shape index (κ1) is 11.9. The summed E-state index contributed by atoms with van der Waals surface area (Å²) in [6, 6.07) is 0. The lowest BCUT2D eigenvalue weighted by Crippen LogP contribution is -2.36. The molecule has 0 fully saturated rings. The number of carbonyl (C=O) groups is 2. The molecule has 0 aromatic carbocycles. The van der Waals surface area contributed by atoms with Crippen molar-refractivity contribution in [2.45, 2.75) is 26.4 Å². The van der Waals surface area contributed by atoms with Crippen LogP contribution in [0.1, 0.15) is 20.8 Å². The van der Waals surface area contributed by atoms with Gasteiger partial charge in [-0.1, -0.05) is 0 Å². The average molecular weight is 190 g/mol. The van der Waals surface area contributed by atoms with Gasteiger partial charge in [-0.15, -0.1) is 0 Å². The van der Waals surface area contributed by atoms with Crippen LogP contribution < -0.4 is 0 Å². The lowest BCUT2D eigenvalue weighted by Gasteiger charge is -2.18. The summed E-state index contributed by atoms with van der Waals surface area (Å²) in [7, 11) is 0. The highest BCUT2D eigenvalue weighted by Crippen LogP contribution is 2.08. The molecule has 76 valence electrons. The molecule has 0 aliphatic rings. The molecule has 0 radical (unpaired) electrons. The van der Waals surface area contributed by atoms with Crippen LogP contribution in [0.5, 0.6) is 0 Å². The van der Waals surface area contributed by atoms with E-state index < -0.39 is 17.5 Å². The first-order valence-corrected chi connectivity index (χ1v) is 3.93. The monoisotopic (exact) mass is 190 g/mol. The second kappa shape index (κ2) is 4.81. The van der Waals surface area contributed by atoms with Gasteiger partial charge in [0, 0.05) is 0 Å². The highest BCUT2D eigenvalue weighted by molar-refractivity contribution is 5.77. The molecule has 0 spiro atoms. The highest BCUT2D eigenvalue weighted by atomic mass is 16.6. The van der Waals surface area contributed by atoms with Crippen LogP contribution in [0, 0.1) is 0 Å². The molecule has 0 aliphatic heterocycles. The first-order chi connectivity index (χ1) is 5.90. The molecule has 0 amide bonds. The Labute approximate surface area is 76.6 Å². The van der Waals surface area contributed by atoms with Crippen LogP contribution in [0.4, 0.5) is 0 Å². The van der Waals surface area contributed by atoms with Gasteiger partial charge in [0.05, 0.1) is 6.61 Å². The molecule has 1 N–H and O–H groups in total. The van der Waals surface area contributed by atoms with Crippen molar-refractivity contribution in [3.05, 3.63) is 0 Å². The molecule has 0 bridgehead atoms. The van der Waals surface area contributed by atoms with Gasteiger partial charge in [-0.3, -0.25) is 0 Å². The zero-order valence-electron chi connectivity index (χ0n) is 7.99. The van der Waals surface area contributed by atoms with E-state index in [4.69, 9.17) is 9.84 Å². The first-order valence-electron chi connectivity index (χ1n) is 3.93. The minimum absolute atomic E-state index is 0.260. The Morgan fingerprint density at radius 3 is 2.31 bits per heavy atom. The zero-order chi connectivity index (χ0) is 10.5. The van der Waals surface area contributed by atoms with Gasteiger partial charge in [0.15, 0.2) is 5.60 Å². The maximum Gasteiger partial charge on any atom is 0.335 e. The lowest BCUT2D eigenvalue weighted by atomic mass is 10.1. The van der Waals surface area contributed by atoms with Gasteiger partial charge in [-0.25, -0.2) is 9.59 Å². The summed E-state index contributed by atoms with van der Waals surface area (Å²) >= 11 is 0. The Morgan fingerprint density at radius 2 is 1.92 bits per heavy atom. The largest absolute Gasteiger partial charge is 0.479 e. The van der Waals surface area contributed by atoms with Crippen molar-refractivity contribution in [3.63, 3.8) is 0 Å². The van der Waals surface area contributed by atoms with Crippen LogP contribution in [-0.4, -0.2) is 35.9 Å². The predicted molar refractivity (Wildman–Crippen MR) is 44.3 cm³/mol. The lowest BCUT2D eigenvalue weighted by molar-refractivity contribution is -0.168. The number of esters is 1. The standard InChI is InChI=1S/C8H14O5/c1-4-12-6(9)5-13-8(2,3)7(10)11/h4-5H2,1-3H3,(H,10,11). The van der Waals surface area contributed by atoms with Crippen molar-refractivity contribution in [2.75, 3.05) is 13.2 Å². The van der Waals surface area contributed by atoms with Gasteiger partial charge in [-0.2, -0.15) is 0 Å². The van der Waals surface area contributed by atoms with Crippen LogP contribution in [-0.2, 0) is 19.1 Å². The summed E-state index contributed by atoms with van der Waals surface area (Å²) in [4.78, 5) is 21.3. The minimum Gasteiger partial charge on any atom is -0.479 e. The Hall–Kier alpha value is -1.10. The Balaban J connectivity index is 3.88. The molecule has 0 aromatic heterocycles. The SMILES string of the molecule is CCOC(=O)COC(C)(C)C(=O)O. The fraction of sp³-hybridized carbons (Fsp3) is 0.750. The zero-order valence-corrected chi connectivity index (χ0v) is 7.99. The van der Waals surface area contributed by atoms with Gasteiger partial charge in [0.2, 0.25) is 0 Å². The molecule has 0 heterocycles. The van der Waals surface area contributed by atoms with E-state index in [1.54, 1.807) is 6.92 Å². The van der Waals surface area contributed by atoms with E-state index in [1.165, 1.54) is 13.8 Å². The fourth-order valence-corrected chi connectivity index (χ4v) is 0.504. The molecule has 0 saturated heterocycles. The third-order valence-corrected chi connectivity index (χ3v) is 1.37. The predicted octanol–water partition coefficient (Wildman–Crippen LogP) is 0.429. The number of carbonyl (C=O) groups excluding carboxylic acids is 1. The summed E-state index contributed by atoms with van der Waals surface area (Å²) in [5, 5.41) is 8.61. The fourth-order valence-electron chi connectivity index (χ4n) is 0.504. The maximum absolute atomic E-state index is 10.8. The Bertz CT molecular complexity index is 197. The number of hydrogen-bond donors (Lipinski definition) is 1. The second-order valence-corrected chi connectivity index (χ2v) is 2.91. The van der Waals surface area contributed by atoms with Gasteiger partial charge >= 0.3 is 11.9 Å². The summed E-state index contributed by atoms with van der Waals surface area (Å²) < 4.78 is 9.39. The molecule has 5 nitrogen and oxygen atoms in total. The van der Waals surface area contributed by atoms with Crippen LogP contribution >= 0.6 is 0 Å². The van der Waals surface area contributed by atoms with Crippen molar-refractivity contribution >= 4 is 11.9 Å². The third kappa shape index (κ3) is 4.47. The van der Waals surface area contributed by atoms with E-state index in [1.807, 2.05) is 0 Å². The van der Waals surface area contributed by atoms with Gasteiger partial charge in [-0.05, 0) is 20.8 Å². The minimum atomic E-state index is -1.35. The molecule has 0 unspecified atom stereocenters. The van der Waals surface area contributed by atoms with Gasteiger partial charge < -0.3 is 14.6 Å². The topological polar surface area (TPSA) is 72.8 Å². The molecule has 0 atom stereocenters. The van der Waals surface area contributed by atoms with Crippen molar-refractivity contribution in [1.29, 1.82) is 0 Å². The van der Waals surface area contributed by atoms with E-state index in [2.05, 4.69) is 4.74 Å². The molecule has 0 rings (SSSR count). The Kier molecular flexibility index (Phi) is 4.40. The van der Waals surface area contributed by atoms with Crippen LogP contribution in [0.2, 0.25) is 0 Å². The van der Waals surface area contributed by atoms with Crippen molar-refractivity contribution < 1.29 is 24.2 Å². The second-order valence-electron chi connectivity index (χ2n) is 2.91. The van der Waals surface area contributed by atoms with Crippen LogP contribution in [0.15, 0.2) is 0 Å². The molecular formula is C8H14O5. The molecule has 0 aliphatic carbocycles. The van der Waals surface area contributed by atoms with Gasteiger partial charge in [0.1, 0.15) is 6.61 Å². The molecule has 0 aromatic rings.